The lowest BCUT2D eigenvalue weighted by Gasteiger charge is -2.39. The fourth-order valence-electron chi connectivity index (χ4n) is 3.21. The smallest absolute Gasteiger partial charge is 0.309 e. The van der Waals surface area contributed by atoms with E-state index >= 15 is 0 Å². The highest BCUT2D eigenvalue weighted by atomic mass is 35.5. The summed E-state index contributed by atoms with van der Waals surface area (Å²) in [5.74, 6) is -0.627. The molecule has 1 aromatic rings. The lowest BCUT2D eigenvalue weighted by atomic mass is 9.75. The van der Waals surface area contributed by atoms with Crippen molar-refractivity contribution in [2.24, 2.45) is 5.41 Å². The Morgan fingerprint density at radius 1 is 1.38 bits per heavy atom. The van der Waals surface area contributed by atoms with E-state index in [4.69, 9.17) is 11.6 Å². The third kappa shape index (κ3) is 3.78. The molecule has 1 heterocycles. The molecule has 1 saturated heterocycles. The van der Waals surface area contributed by atoms with Gasteiger partial charge in [0.2, 0.25) is 0 Å². The van der Waals surface area contributed by atoms with Gasteiger partial charge in [-0.1, -0.05) is 37.1 Å². The lowest BCUT2D eigenvalue weighted by Crippen LogP contribution is -2.44. The molecule has 1 aliphatic rings. The third-order valence-corrected chi connectivity index (χ3v) is 4.95. The van der Waals surface area contributed by atoms with Crippen molar-refractivity contribution in [1.82, 2.24) is 4.90 Å². The number of likely N-dealkylation sites (tertiary alicyclic amines) is 1. The first-order chi connectivity index (χ1) is 9.97. The van der Waals surface area contributed by atoms with E-state index < -0.39 is 11.4 Å². The highest BCUT2D eigenvalue weighted by Crippen LogP contribution is 2.37. The monoisotopic (exact) mass is 309 g/mol. The SMILES string of the molecule is CCCC1(C(=O)O)CCN(Cc2ccc(C)cc2Cl)CC1. The summed E-state index contributed by atoms with van der Waals surface area (Å²) in [7, 11) is 0. The summed E-state index contributed by atoms with van der Waals surface area (Å²) in [5, 5.41) is 10.3. The summed E-state index contributed by atoms with van der Waals surface area (Å²) in [6.07, 6.45) is 3.18. The molecular formula is C17H24ClNO2. The van der Waals surface area contributed by atoms with Crippen LogP contribution >= 0.6 is 11.6 Å². The molecule has 1 N–H and O–H groups in total. The van der Waals surface area contributed by atoms with E-state index in [0.29, 0.717) is 0 Å². The summed E-state index contributed by atoms with van der Waals surface area (Å²) in [4.78, 5) is 13.9. The lowest BCUT2D eigenvalue weighted by molar-refractivity contribution is -0.152. The topological polar surface area (TPSA) is 40.5 Å². The molecule has 116 valence electrons. The van der Waals surface area contributed by atoms with Crippen LogP contribution in [0.3, 0.4) is 0 Å². The first-order valence-electron chi connectivity index (χ1n) is 7.67. The molecule has 0 bridgehead atoms. The van der Waals surface area contributed by atoms with Gasteiger partial charge in [-0.3, -0.25) is 9.69 Å². The Morgan fingerprint density at radius 2 is 2.05 bits per heavy atom. The molecule has 1 fully saturated rings. The first kappa shape index (κ1) is 16.3. The Labute approximate surface area is 131 Å². The zero-order valence-electron chi connectivity index (χ0n) is 12.9. The number of aryl methyl sites for hydroxylation is 1. The zero-order valence-corrected chi connectivity index (χ0v) is 13.6. The van der Waals surface area contributed by atoms with E-state index in [1.165, 1.54) is 0 Å². The Kier molecular flexibility index (Phi) is 5.28. The van der Waals surface area contributed by atoms with Crippen LogP contribution in [0.5, 0.6) is 0 Å². The zero-order chi connectivity index (χ0) is 15.5. The van der Waals surface area contributed by atoms with Gasteiger partial charge in [-0.15, -0.1) is 0 Å². The maximum Gasteiger partial charge on any atom is 0.309 e. The number of benzene rings is 1. The largest absolute Gasteiger partial charge is 0.481 e. The van der Waals surface area contributed by atoms with Crippen LogP contribution in [0.15, 0.2) is 18.2 Å². The predicted octanol–water partition coefficient (Wildman–Crippen LogP) is 4.12. The number of nitrogens with zero attached hydrogens (tertiary/aromatic N) is 1. The average Bonchev–Trinajstić information content (AvgIpc) is 2.44. The molecular weight excluding hydrogens is 286 g/mol. The van der Waals surface area contributed by atoms with E-state index in [2.05, 4.69) is 24.0 Å². The maximum atomic E-state index is 11.6. The van der Waals surface area contributed by atoms with Gasteiger partial charge < -0.3 is 5.11 Å². The first-order valence-corrected chi connectivity index (χ1v) is 8.05. The normalized spacial score (nSPS) is 18.6. The summed E-state index contributed by atoms with van der Waals surface area (Å²) < 4.78 is 0. The minimum Gasteiger partial charge on any atom is -0.481 e. The molecule has 0 radical (unpaired) electrons. The van der Waals surface area contributed by atoms with Crippen LogP contribution in [0.25, 0.3) is 0 Å². The number of carbonyl (C=O) groups is 1. The van der Waals surface area contributed by atoms with Gasteiger partial charge in [-0.2, -0.15) is 0 Å². The standard InChI is InChI=1S/C17H24ClNO2/c1-3-6-17(16(20)21)7-9-19(10-8-17)12-14-5-4-13(2)11-15(14)18/h4-5,11H,3,6-10,12H2,1-2H3,(H,20,21). The molecule has 1 aliphatic heterocycles. The fourth-order valence-corrected chi connectivity index (χ4v) is 3.50. The predicted molar refractivity (Wildman–Crippen MR) is 85.7 cm³/mol. The van der Waals surface area contributed by atoms with Crippen molar-refractivity contribution in [3.8, 4) is 0 Å². The fraction of sp³-hybridized carbons (Fsp3) is 0.588. The van der Waals surface area contributed by atoms with Crippen LogP contribution in [0.4, 0.5) is 0 Å². The van der Waals surface area contributed by atoms with Crippen molar-refractivity contribution in [2.75, 3.05) is 13.1 Å². The molecule has 0 spiro atoms. The average molecular weight is 310 g/mol. The van der Waals surface area contributed by atoms with Crippen molar-refractivity contribution in [1.29, 1.82) is 0 Å². The summed E-state index contributed by atoms with van der Waals surface area (Å²) in [6, 6.07) is 6.13. The molecule has 0 saturated carbocycles. The van der Waals surface area contributed by atoms with E-state index in [-0.39, 0.29) is 0 Å². The minimum atomic E-state index is -0.627. The molecule has 0 aromatic heterocycles. The third-order valence-electron chi connectivity index (χ3n) is 4.60. The Bertz CT molecular complexity index is 508. The number of hydrogen-bond acceptors (Lipinski definition) is 2. The molecule has 4 heteroatoms. The quantitative estimate of drug-likeness (QED) is 0.889. The van der Waals surface area contributed by atoms with Gasteiger partial charge in [0, 0.05) is 11.6 Å². The van der Waals surface area contributed by atoms with Crippen LogP contribution in [-0.2, 0) is 11.3 Å². The molecule has 0 amide bonds. The van der Waals surface area contributed by atoms with Gasteiger partial charge in [0.1, 0.15) is 0 Å². The highest BCUT2D eigenvalue weighted by Gasteiger charge is 2.40. The summed E-state index contributed by atoms with van der Waals surface area (Å²) >= 11 is 6.28. The van der Waals surface area contributed by atoms with E-state index in [1.54, 1.807) is 0 Å². The molecule has 1 aromatic carbocycles. The van der Waals surface area contributed by atoms with Crippen molar-refractivity contribution in [3.63, 3.8) is 0 Å². The number of hydrogen-bond donors (Lipinski definition) is 1. The highest BCUT2D eigenvalue weighted by molar-refractivity contribution is 6.31. The van der Waals surface area contributed by atoms with E-state index in [9.17, 15) is 9.90 Å². The number of aliphatic carboxylic acids is 1. The second kappa shape index (κ2) is 6.80. The van der Waals surface area contributed by atoms with Crippen LogP contribution in [-0.4, -0.2) is 29.1 Å². The van der Waals surface area contributed by atoms with Gasteiger partial charge in [0.25, 0.3) is 0 Å². The van der Waals surface area contributed by atoms with Gasteiger partial charge in [0.15, 0.2) is 0 Å². The molecule has 2 rings (SSSR count). The van der Waals surface area contributed by atoms with Crippen LogP contribution in [0.1, 0.15) is 43.7 Å². The number of piperidine rings is 1. The molecule has 21 heavy (non-hydrogen) atoms. The van der Waals surface area contributed by atoms with Gasteiger partial charge in [-0.25, -0.2) is 0 Å². The van der Waals surface area contributed by atoms with Crippen molar-refractivity contribution >= 4 is 17.6 Å². The van der Waals surface area contributed by atoms with Crippen molar-refractivity contribution in [3.05, 3.63) is 34.3 Å². The van der Waals surface area contributed by atoms with Crippen LogP contribution in [0, 0.1) is 12.3 Å². The van der Waals surface area contributed by atoms with Gasteiger partial charge in [0.05, 0.1) is 5.41 Å². The minimum absolute atomic E-state index is 0.512. The molecule has 0 atom stereocenters. The number of carboxylic acids is 1. The number of halogens is 1. The second-order valence-corrected chi connectivity index (χ2v) is 6.61. The van der Waals surface area contributed by atoms with Crippen molar-refractivity contribution < 1.29 is 9.90 Å². The van der Waals surface area contributed by atoms with E-state index in [1.807, 2.05) is 13.0 Å². The van der Waals surface area contributed by atoms with Crippen LogP contribution < -0.4 is 0 Å². The molecule has 3 nitrogen and oxygen atoms in total. The molecule has 0 unspecified atom stereocenters. The molecule has 0 aliphatic carbocycles. The summed E-state index contributed by atoms with van der Waals surface area (Å²) in [6.45, 7) is 6.56. The number of rotatable bonds is 5. The van der Waals surface area contributed by atoms with Gasteiger partial charge in [-0.05, 0) is 56.5 Å². The maximum absolute atomic E-state index is 11.6. The summed E-state index contributed by atoms with van der Waals surface area (Å²) in [5.41, 5.74) is 1.78. The Hall–Kier alpha value is -1.06. The Balaban J connectivity index is 1.99. The second-order valence-electron chi connectivity index (χ2n) is 6.21. The van der Waals surface area contributed by atoms with Gasteiger partial charge >= 0.3 is 5.97 Å². The van der Waals surface area contributed by atoms with Crippen molar-refractivity contribution in [2.45, 2.75) is 46.1 Å². The Morgan fingerprint density at radius 3 is 2.57 bits per heavy atom. The number of carboxylic acid groups (broad SMARTS) is 1. The van der Waals surface area contributed by atoms with Crippen LogP contribution in [0.2, 0.25) is 5.02 Å². The van der Waals surface area contributed by atoms with E-state index in [0.717, 1.165) is 61.5 Å².